The smallest absolute Gasteiger partial charge is 0.416 e. The van der Waals surface area contributed by atoms with Gasteiger partial charge in [0.25, 0.3) is 6.43 Å². The highest BCUT2D eigenvalue weighted by atomic mass is 19.4. The summed E-state index contributed by atoms with van der Waals surface area (Å²) in [6, 6.07) is 8.56. The zero-order chi connectivity index (χ0) is 24.2. The number of fused-ring (bicyclic) bond motifs is 3. The molecule has 34 heavy (non-hydrogen) atoms. The molecule has 4 nitrogen and oxygen atoms in total. The lowest BCUT2D eigenvalue weighted by Gasteiger charge is -2.32. The Bertz CT molecular complexity index is 1180. The summed E-state index contributed by atoms with van der Waals surface area (Å²) in [5, 5.41) is 0. The minimum Gasteiger partial charge on any atom is -0.496 e. The van der Waals surface area contributed by atoms with Gasteiger partial charge < -0.3 is 9.47 Å². The number of allylic oxidation sites excluding steroid dienone is 1. The molecule has 1 aliphatic carbocycles. The summed E-state index contributed by atoms with van der Waals surface area (Å²) >= 11 is 0. The molecule has 3 aliphatic rings. The van der Waals surface area contributed by atoms with E-state index >= 15 is 0 Å². The highest BCUT2D eigenvalue weighted by molar-refractivity contribution is 6.04. The number of halogens is 5. The first-order valence-electron chi connectivity index (χ1n) is 11.0. The summed E-state index contributed by atoms with van der Waals surface area (Å²) in [5.41, 5.74) is 1.19. The van der Waals surface area contributed by atoms with Crippen LogP contribution in [-0.4, -0.2) is 32.5 Å². The molecule has 0 spiro atoms. The number of nitrogens with zero attached hydrogens (tertiary/aromatic N) is 2. The summed E-state index contributed by atoms with van der Waals surface area (Å²) in [4.78, 5) is 5.68. The molecule has 5 rings (SSSR count). The van der Waals surface area contributed by atoms with Gasteiger partial charge in [0.1, 0.15) is 24.3 Å². The second kappa shape index (κ2) is 8.37. The molecule has 1 fully saturated rings. The van der Waals surface area contributed by atoms with Crippen LogP contribution in [0.15, 0.2) is 52.7 Å². The van der Waals surface area contributed by atoms with Crippen molar-refractivity contribution in [3.05, 3.63) is 69.9 Å². The van der Waals surface area contributed by atoms with Gasteiger partial charge in [0, 0.05) is 11.1 Å². The molecular weight excluding hydrogens is 455 g/mol. The first-order chi connectivity index (χ1) is 16.2. The van der Waals surface area contributed by atoms with Crippen LogP contribution >= 0.6 is 0 Å². The van der Waals surface area contributed by atoms with Gasteiger partial charge >= 0.3 is 6.18 Å². The Labute approximate surface area is 193 Å². The van der Waals surface area contributed by atoms with Gasteiger partial charge in [0.15, 0.2) is 0 Å². The number of ether oxygens (including phenoxy) is 2. The number of alkyl halides is 5. The number of amidine groups is 1. The van der Waals surface area contributed by atoms with E-state index in [0.717, 1.165) is 30.5 Å². The van der Waals surface area contributed by atoms with Crippen molar-refractivity contribution < 1.29 is 31.4 Å². The van der Waals surface area contributed by atoms with Crippen molar-refractivity contribution in [1.29, 1.82) is 0 Å². The molecule has 0 bridgehead atoms. The van der Waals surface area contributed by atoms with Crippen molar-refractivity contribution in [3.8, 4) is 5.75 Å². The Hall–Kier alpha value is -2.94. The van der Waals surface area contributed by atoms with Crippen LogP contribution in [0.2, 0.25) is 0 Å². The van der Waals surface area contributed by atoms with E-state index < -0.39 is 24.3 Å². The van der Waals surface area contributed by atoms with Crippen molar-refractivity contribution in [2.75, 3.05) is 25.2 Å². The van der Waals surface area contributed by atoms with Gasteiger partial charge in [0.2, 0.25) is 0 Å². The molecule has 2 aliphatic heterocycles. The number of aliphatic imine (C=N–C) groups is 1. The van der Waals surface area contributed by atoms with E-state index in [1.54, 1.807) is 20.1 Å². The lowest BCUT2D eigenvalue weighted by molar-refractivity contribution is -0.137. The molecule has 0 amide bonds. The van der Waals surface area contributed by atoms with Crippen LogP contribution in [0.1, 0.15) is 54.0 Å². The number of anilines is 1. The number of methoxy groups -OCH3 is 1. The van der Waals surface area contributed by atoms with Crippen LogP contribution < -0.4 is 9.64 Å². The summed E-state index contributed by atoms with van der Waals surface area (Å²) < 4.78 is 81.1. The van der Waals surface area contributed by atoms with E-state index in [4.69, 9.17) is 9.47 Å². The number of rotatable bonds is 4. The highest BCUT2D eigenvalue weighted by Crippen LogP contribution is 2.51. The summed E-state index contributed by atoms with van der Waals surface area (Å²) in [6.45, 7) is 1.52. The third-order valence-corrected chi connectivity index (χ3v) is 6.49. The molecule has 0 N–H and O–H groups in total. The second-order valence-corrected chi connectivity index (χ2v) is 8.73. The zero-order valence-corrected chi connectivity index (χ0v) is 18.6. The van der Waals surface area contributed by atoms with E-state index in [2.05, 4.69) is 4.99 Å². The van der Waals surface area contributed by atoms with Crippen LogP contribution in [0, 0.1) is 0 Å². The van der Waals surface area contributed by atoms with Crippen LogP contribution in [0.5, 0.6) is 5.75 Å². The van der Waals surface area contributed by atoms with Gasteiger partial charge in [-0.15, -0.1) is 0 Å². The molecule has 2 aromatic rings. The third kappa shape index (κ3) is 3.85. The summed E-state index contributed by atoms with van der Waals surface area (Å²) in [7, 11) is 1.55. The predicted octanol–water partition coefficient (Wildman–Crippen LogP) is 6.47. The molecule has 0 saturated heterocycles. The number of benzene rings is 2. The molecule has 1 unspecified atom stereocenters. The summed E-state index contributed by atoms with van der Waals surface area (Å²) in [6.07, 6.45) is -6.46. The topological polar surface area (TPSA) is 34.1 Å². The minimum absolute atomic E-state index is 0.0853. The monoisotopic (exact) mass is 478 g/mol. The molecule has 2 heterocycles. The second-order valence-electron chi connectivity index (χ2n) is 8.73. The Kier molecular flexibility index (Phi) is 5.62. The van der Waals surface area contributed by atoms with Crippen LogP contribution in [0.3, 0.4) is 0 Å². The predicted molar refractivity (Wildman–Crippen MR) is 118 cm³/mol. The molecule has 0 radical (unpaired) electrons. The normalized spacial score (nSPS) is 20.6. The van der Waals surface area contributed by atoms with Crippen LogP contribution in [0.25, 0.3) is 0 Å². The molecule has 9 heteroatoms. The van der Waals surface area contributed by atoms with Gasteiger partial charge in [-0.2, -0.15) is 13.2 Å². The third-order valence-electron chi connectivity index (χ3n) is 6.49. The van der Waals surface area contributed by atoms with Gasteiger partial charge in [-0.25, -0.2) is 8.78 Å². The van der Waals surface area contributed by atoms with Gasteiger partial charge in [-0.3, -0.25) is 9.89 Å². The maximum absolute atomic E-state index is 14.1. The maximum atomic E-state index is 14.1. The standard InChI is InChI=1S/C25H23F5N2O2/c1-13-11-31-20-12-34-23(16-4-3-5-19(33-2)21(16)14-6-7-14)17-10-15(25(28,29)30)8-9-18(17)32(20)22(13)24(26)27/h3-5,8-10,14,23-24H,6-7,11-12H2,1-2H3. The lowest BCUT2D eigenvalue weighted by atomic mass is 9.91. The highest BCUT2D eigenvalue weighted by Gasteiger charge is 2.40. The van der Waals surface area contributed by atoms with E-state index in [0.29, 0.717) is 16.9 Å². The zero-order valence-electron chi connectivity index (χ0n) is 18.6. The molecule has 2 aromatic carbocycles. The largest absolute Gasteiger partial charge is 0.496 e. The first kappa shape index (κ1) is 22.8. The Morgan fingerprint density at radius 3 is 2.53 bits per heavy atom. The summed E-state index contributed by atoms with van der Waals surface area (Å²) in [5.74, 6) is 1.10. The Morgan fingerprint density at radius 1 is 1.12 bits per heavy atom. The minimum atomic E-state index is -4.60. The molecule has 1 saturated carbocycles. The maximum Gasteiger partial charge on any atom is 0.416 e. The number of hydrogen-bond acceptors (Lipinski definition) is 4. The average molecular weight is 478 g/mol. The van der Waals surface area contributed by atoms with E-state index in [1.165, 1.54) is 11.0 Å². The van der Waals surface area contributed by atoms with Crippen molar-refractivity contribution in [2.24, 2.45) is 4.99 Å². The molecule has 1 atom stereocenters. The lowest BCUT2D eigenvalue weighted by Crippen LogP contribution is -2.39. The van der Waals surface area contributed by atoms with Crippen molar-refractivity contribution in [1.82, 2.24) is 0 Å². The van der Waals surface area contributed by atoms with Gasteiger partial charge in [-0.05, 0) is 61.1 Å². The van der Waals surface area contributed by atoms with Crippen molar-refractivity contribution >= 4 is 11.5 Å². The van der Waals surface area contributed by atoms with Crippen LogP contribution in [-0.2, 0) is 10.9 Å². The van der Waals surface area contributed by atoms with Crippen molar-refractivity contribution in [3.63, 3.8) is 0 Å². The number of hydrogen-bond donors (Lipinski definition) is 0. The quantitative estimate of drug-likeness (QED) is 0.473. The first-order valence-corrected chi connectivity index (χ1v) is 11.0. The fourth-order valence-electron chi connectivity index (χ4n) is 4.78. The molecule has 180 valence electrons. The Morgan fingerprint density at radius 2 is 1.88 bits per heavy atom. The van der Waals surface area contributed by atoms with Gasteiger partial charge in [-0.1, -0.05) is 12.1 Å². The Balaban J connectivity index is 1.75. The van der Waals surface area contributed by atoms with E-state index in [1.807, 2.05) is 12.1 Å². The SMILES string of the molecule is COc1cccc(C2OCC3=NCC(C)=C(C(F)F)N3c3ccc(C(F)(F)F)cc32)c1C1CC1. The van der Waals surface area contributed by atoms with E-state index in [9.17, 15) is 22.0 Å². The molecular formula is C25H23F5N2O2. The fourth-order valence-corrected chi connectivity index (χ4v) is 4.78. The van der Waals surface area contributed by atoms with Crippen LogP contribution in [0.4, 0.5) is 27.6 Å². The van der Waals surface area contributed by atoms with Gasteiger partial charge in [0.05, 0.1) is 30.6 Å². The fraction of sp³-hybridized carbons (Fsp3) is 0.400. The van der Waals surface area contributed by atoms with E-state index in [-0.39, 0.29) is 41.9 Å². The molecule has 0 aromatic heterocycles. The average Bonchev–Trinajstić information content (AvgIpc) is 3.64. The van der Waals surface area contributed by atoms with Crippen molar-refractivity contribution in [2.45, 2.75) is 44.4 Å².